The lowest BCUT2D eigenvalue weighted by Gasteiger charge is -2.05. The zero-order valence-corrected chi connectivity index (χ0v) is 10.1. The van der Waals surface area contributed by atoms with Gasteiger partial charge in [-0.3, -0.25) is 10.1 Å². The number of aromatic nitrogens is 3. The molecular formula is C10H9ClN4O3. The first-order valence-corrected chi connectivity index (χ1v) is 5.36. The predicted molar refractivity (Wildman–Crippen MR) is 64.0 cm³/mol. The van der Waals surface area contributed by atoms with Crippen LogP contribution in [0.2, 0.25) is 5.02 Å². The van der Waals surface area contributed by atoms with Gasteiger partial charge in [-0.1, -0.05) is 17.7 Å². The fourth-order valence-corrected chi connectivity index (χ4v) is 1.86. The Balaban J connectivity index is 2.70. The number of nitro benzene ring substituents is 1. The zero-order chi connectivity index (χ0) is 13.3. The van der Waals surface area contributed by atoms with Crippen LogP contribution in [-0.2, 0) is 13.7 Å². The van der Waals surface area contributed by atoms with Crippen LogP contribution in [0.15, 0.2) is 18.2 Å². The van der Waals surface area contributed by atoms with E-state index >= 15 is 0 Å². The molecule has 8 heteroatoms. The fraction of sp³-hybridized carbons (Fsp3) is 0.200. The SMILES string of the molecule is Cn1c(CO)nnc1-c1c(Cl)cccc1[N+](=O)[O-]. The van der Waals surface area contributed by atoms with E-state index in [4.69, 9.17) is 16.7 Å². The van der Waals surface area contributed by atoms with E-state index in [9.17, 15) is 10.1 Å². The van der Waals surface area contributed by atoms with Gasteiger partial charge in [-0.2, -0.15) is 0 Å². The van der Waals surface area contributed by atoms with Crippen molar-refractivity contribution >= 4 is 17.3 Å². The van der Waals surface area contributed by atoms with Crippen molar-refractivity contribution in [2.24, 2.45) is 7.05 Å². The Morgan fingerprint density at radius 2 is 2.22 bits per heavy atom. The van der Waals surface area contributed by atoms with Gasteiger partial charge in [-0.25, -0.2) is 0 Å². The summed E-state index contributed by atoms with van der Waals surface area (Å²) in [7, 11) is 1.61. The summed E-state index contributed by atoms with van der Waals surface area (Å²) in [5.41, 5.74) is 0.0429. The first-order chi connectivity index (χ1) is 8.56. The molecule has 0 aliphatic rings. The topological polar surface area (TPSA) is 94.1 Å². The molecule has 1 aromatic carbocycles. The molecule has 0 fully saturated rings. The minimum Gasteiger partial charge on any atom is -0.388 e. The molecule has 1 N–H and O–H groups in total. The molecule has 0 saturated heterocycles. The number of benzene rings is 1. The highest BCUT2D eigenvalue weighted by Gasteiger charge is 2.23. The van der Waals surface area contributed by atoms with Gasteiger partial charge in [0.25, 0.3) is 5.69 Å². The molecule has 1 aromatic heterocycles. The molecule has 0 unspecified atom stereocenters. The fourth-order valence-electron chi connectivity index (χ4n) is 1.60. The number of nitro groups is 1. The molecule has 2 aromatic rings. The number of aliphatic hydroxyl groups excluding tert-OH is 1. The van der Waals surface area contributed by atoms with Gasteiger partial charge >= 0.3 is 0 Å². The molecule has 0 spiro atoms. The van der Waals surface area contributed by atoms with E-state index in [2.05, 4.69) is 10.2 Å². The summed E-state index contributed by atoms with van der Waals surface area (Å²) < 4.78 is 1.47. The van der Waals surface area contributed by atoms with Crippen LogP contribution in [0.5, 0.6) is 0 Å². The lowest BCUT2D eigenvalue weighted by molar-refractivity contribution is -0.384. The summed E-state index contributed by atoms with van der Waals surface area (Å²) in [6.07, 6.45) is 0. The van der Waals surface area contributed by atoms with E-state index in [1.165, 1.54) is 22.8 Å². The van der Waals surface area contributed by atoms with Crippen LogP contribution in [0.3, 0.4) is 0 Å². The summed E-state index contributed by atoms with van der Waals surface area (Å²) in [6, 6.07) is 4.37. The van der Waals surface area contributed by atoms with Gasteiger partial charge in [0.05, 0.1) is 9.95 Å². The average Bonchev–Trinajstić information content (AvgIpc) is 2.70. The van der Waals surface area contributed by atoms with Crippen molar-refractivity contribution in [1.82, 2.24) is 14.8 Å². The zero-order valence-electron chi connectivity index (χ0n) is 9.37. The highest BCUT2D eigenvalue weighted by atomic mass is 35.5. The smallest absolute Gasteiger partial charge is 0.281 e. The Kier molecular flexibility index (Phi) is 3.26. The number of hydrogen-bond donors (Lipinski definition) is 1. The lowest BCUT2D eigenvalue weighted by atomic mass is 10.1. The van der Waals surface area contributed by atoms with Crippen molar-refractivity contribution < 1.29 is 10.0 Å². The van der Waals surface area contributed by atoms with Crippen molar-refractivity contribution in [1.29, 1.82) is 0 Å². The molecular weight excluding hydrogens is 260 g/mol. The number of hydrogen-bond acceptors (Lipinski definition) is 5. The van der Waals surface area contributed by atoms with E-state index < -0.39 is 4.92 Å². The molecule has 0 aliphatic carbocycles. The lowest BCUT2D eigenvalue weighted by Crippen LogP contribution is -2.01. The molecule has 2 rings (SSSR count). The van der Waals surface area contributed by atoms with Crippen molar-refractivity contribution in [2.45, 2.75) is 6.61 Å². The van der Waals surface area contributed by atoms with Crippen LogP contribution in [0.4, 0.5) is 5.69 Å². The van der Waals surface area contributed by atoms with E-state index in [-0.39, 0.29) is 28.7 Å². The molecule has 0 aliphatic heterocycles. The average molecular weight is 269 g/mol. The monoisotopic (exact) mass is 268 g/mol. The first-order valence-electron chi connectivity index (χ1n) is 4.98. The Bertz CT molecular complexity index is 611. The van der Waals surface area contributed by atoms with Crippen LogP contribution >= 0.6 is 11.6 Å². The molecule has 7 nitrogen and oxygen atoms in total. The molecule has 0 radical (unpaired) electrons. The largest absolute Gasteiger partial charge is 0.388 e. The van der Waals surface area contributed by atoms with Crippen molar-refractivity contribution in [3.8, 4) is 11.4 Å². The third-order valence-corrected chi connectivity index (χ3v) is 2.83. The van der Waals surface area contributed by atoms with Crippen molar-refractivity contribution in [2.75, 3.05) is 0 Å². The highest BCUT2D eigenvalue weighted by molar-refractivity contribution is 6.33. The Morgan fingerprint density at radius 1 is 1.50 bits per heavy atom. The third-order valence-electron chi connectivity index (χ3n) is 2.52. The maximum atomic E-state index is 11.0. The number of halogens is 1. The van der Waals surface area contributed by atoms with Crippen LogP contribution in [0.25, 0.3) is 11.4 Å². The number of aliphatic hydroxyl groups is 1. The molecule has 1 heterocycles. The summed E-state index contributed by atoms with van der Waals surface area (Å²) in [5.74, 6) is 0.551. The van der Waals surface area contributed by atoms with Gasteiger partial charge < -0.3 is 9.67 Å². The maximum Gasteiger partial charge on any atom is 0.281 e. The first kappa shape index (κ1) is 12.5. The second kappa shape index (κ2) is 4.71. The second-order valence-corrected chi connectivity index (χ2v) is 3.96. The molecule has 0 atom stereocenters. The van der Waals surface area contributed by atoms with Gasteiger partial charge in [-0.05, 0) is 6.07 Å². The van der Waals surface area contributed by atoms with Crippen LogP contribution in [0, 0.1) is 10.1 Å². The standard InChI is InChI=1S/C10H9ClN4O3/c1-14-8(5-16)12-13-10(14)9-6(11)3-2-4-7(9)15(17)18/h2-4,16H,5H2,1H3. The van der Waals surface area contributed by atoms with Gasteiger partial charge in [0.2, 0.25) is 0 Å². The number of nitrogens with zero attached hydrogens (tertiary/aromatic N) is 4. The van der Waals surface area contributed by atoms with E-state index in [0.717, 1.165) is 0 Å². The highest BCUT2D eigenvalue weighted by Crippen LogP contribution is 2.34. The Morgan fingerprint density at radius 3 is 2.78 bits per heavy atom. The molecule has 0 amide bonds. The van der Waals surface area contributed by atoms with E-state index in [1.54, 1.807) is 7.05 Å². The van der Waals surface area contributed by atoms with E-state index in [1.807, 2.05) is 0 Å². The van der Waals surface area contributed by atoms with Crippen LogP contribution in [-0.4, -0.2) is 24.8 Å². The van der Waals surface area contributed by atoms with E-state index in [0.29, 0.717) is 5.82 Å². The van der Waals surface area contributed by atoms with Gasteiger partial charge in [0.15, 0.2) is 11.6 Å². The maximum absolute atomic E-state index is 11.0. The Labute approximate surface area is 107 Å². The Hall–Kier alpha value is -1.99. The third kappa shape index (κ3) is 1.93. The molecule has 0 bridgehead atoms. The minimum atomic E-state index is -0.533. The summed E-state index contributed by atoms with van der Waals surface area (Å²) >= 11 is 5.98. The minimum absolute atomic E-state index is 0.150. The van der Waals surface area contributed by atoms with Gasteiger partial charge in [0.1, 0.15) is 12.2 Å². The van der Waals surface area contributed by atoms with Gasteiger partial charge in [0, 0.05) is 13.1 Å². The molecule has 18 heavy (non-hydrogen) atoms. The van der Waals surface area contributed by atoms with Crippen LogP contribution < -0.4 is 0 Å². The molecule has 0 saturated carbocycles. The van der Waals surface area contributed by atoms with Gasteiger partial charge in [-0.15, -0.1) is 10.2 Å². The second-order valence-electron chi connectivity index (χ2n) is 3.55. The summed E-state index contributed by atoms with van der Waals surface area (Å²) in [6.45, 7) is -0.304. The number of rotatable bonds is 3. The predicted octanol–water partition coefficient (Wildman–Crippen LogP) is 1.54. The normalized spacial score (nSPS) is 10.6. The summed E-state index contributed by atoms with van der Waals surface area (Å²) in [4.78, 5) is 10.4. The molecule has 94 valence electrons. The summed E-state index contributed by atoms with van der Waals surface area (Å²) in [5, 5.41) is 27.8. The van der Waals surface area contributed by atoms with Crippen molar-refractivity contribution in [3.05, 3.63) is 39.2 Å². The van der Waals surface area contributed by atoms with Crippen molar-refractivity contribution in [3.63, 3.8) is 0 Å². The van der Waals surface area contributed by atoms with Crippen LogP contribution in [0.1, 0.15) is 5.82 Å². The quantitative estimate of drug-likeness (QED) is 0.673.